The Balaban J connectivity index is 1.71. The Bertz CT molecular complexity index is 557. The number of morpholine rings is 1. The highest BCUT2D eigenvalue weighted by molar-refractivity contribution is 9.11. The number of aromatic nitrogens is 2. The van der Waals surface area contributed by atoms with E-state index in [4.69, 9.17) is 9.15 Å². The first-order valence-corrected chi connectivity index (χ1v) is 7.73. The molecule has 0 bridgehead atoms. The largest absolute Gasteiger partial charge is 0.419 e. The Labute approximate surface area is 123 Å². The highest BCUT2D eigenvalue weighted by Gasteiger charge is 2.21. The molecule has 1 fully saturated rings. The molecule has 5 nitrogen and oxygen atoms in total. The van der Waals surface area contributed by atoms with E-state index in [0.29, 0.717) is 24.4 Å². The standard InChI is InChI=1S/C12H14BrN3O2S/c1-8-7-17-5-4-16(8)6-11-14-15-12(18-11)9-2-3-10(13)19-9/h2-3,8H,4-7H2,1H3. The molecule has 3 rings (SSSR count). The minimum absolute atomic E-state index is 0.389. The first-order chi connectivity index (χ1) is 9.22. The molecule has 0 amide bonds. The number of nitrogens with zero attached hydrogens (tertiary/aromatic N) is 3. The van der Waals surface area contributed by atoms with Gasteiger partial charge in [0.2, 0.25) is 5.89 Å². The fraction of sp³-hybridized carbons (Fsp3) is 0.500. The molecule has 1 aliphatic heterocycles. The Morgan fingerprint density at radius 2 is 2.37 bits per heavy atom. The third kappa shape index (κ3) is 3.05. The predicted octanol–water partition coefficient (Wildman–Crippen LogP) is 2.78. The van der Waals surface area contributed by atoms with Crippen LogP contribution in [-0.4, -0.2) is 40.9 Å². The number of ether oxygens (including phenoxy) is 1. The van der Waals surface area contributed by atoms with Crippen molar-refractivity contribution in [3.63, 3.8) is 0 Å². The lowest BCUT2D eigenvalue weighted by Gasteiger charge is -2.31. The van der Waals surface area contributed by atoms with Gasteiger partial charge in [0.1, 0.15) is 0 Å². The number of halogens is 1. The molecular formula is C12H14BrN3O2S. The van der Waals surface area contributed by atoms with Gasteiger partial charge >= 0.3 is 0 Å². The molecule has 1 unspecified atom stereocenters. The minimum Gasteiger partial charge on any atom is -0.419 e. The van der Waals surface area contributed by atoms with Crippen LogP contribution in [0.25, 0.3) is 10.8 Å². The van der Waals surface area contributed by atoms with E-state index in [-0.39, 0.29) is 0 Å². The molecular weight excluding hydrogens is 330 g/mol. The van der Waals surface area contributed by atoms with Crippen LogP contribution in [0.1, 0.15) is 12.8 Å². The monoisotopic (exact) mass is 343 g/mol. The lowest BCUT2D eigenvalue weighted by molar-refractivity contribution is -0.00777. The Morgan fingerprint density at radius 1 is 1.47 bits per heavy atom. The van der Waals surface area contributed by atoms with Crippen LogP contribution in [0.5, 0.6) is 0 Å². The van der Waals surface area contributed by atoms with Gasteiger partial charge in [0.15, 0.2) is 0 Å². The van der Waals surface area contributed by atoms with E-state index in [9.17, 15) is 0 Å². The smallest absolute Gasteiger partial charge is 0.257 e. The molecule has 1 atom stereocenters. The molecule has 0 radical (unpaired) electrons. The van der Waals surface area contributed by atoms with Crippen LogP contribution in [0.4, 0.5) is 0 Å². The lowest BCUT2D eigenvalue weighted by Crippen LogP contribution is -2.42. The first-order valence-electron chi connectivity index (χ1n) is 6.12. The summed E-state index contributed by atoms with van der Waals surface area (Å²) < 4.78 is 12.2. The molecule has 3 heterocycles. The summed E-state index contributed by atoms with van der Waals surface area (Å²) in [5.41, 5.74) is 0. The zero-order valence-electron chi connectivity index (χ0n) is 10.5. The van der Waals surface area contributed by atoms with Crippen LogP contribution < -0.4 is 0 Å². The van der Waals surface area contributed by atoms with Gasteiger partial charge in [0, 0.05) is 12.6 Å². The van der Waals surface area contributed by atoms with Gasteiger partial charge in [-0.05, 0) is 35.0 Å². The van der Waals surface area contributed by atoms with Crippen LogP contribution in [0, 0.1) is 0 Å². The zero-order chi connectivity index (χ0) is 13.2. The molecule has 1 aliphatic rings. The van der Waals surface area contributed by atoms with Gasteiger partial charge in [-0.25, -0.2) is 0 Å². The van der Waals surface area contributed by atoms with Crippen molar-refractivity contribution < 1.29 is 9.15 Å². The van der Waals surface area contributed by atoms with Gasteiger partial charge in [-0.3, -0.25) is 4.90 Å². The molecule has 0 aromatic carbocycles. The summed E-state index contributed by atoms with van der Waals surface area (Å²) in [5.74, 6) is 1.25. The third-order valence-electron chi connectivity index (χ3n) is 3.09. The van der Waals surface area contributed by atoms with Gasteiger partial charge < -0.3 is 9.15 Å². The number of rotatable bonds is 3. The number of hydrogen-bond acceptors (Lipinski definition) is 6. The van der Waals surface area contributed by atoms with Gasteiger partial charge in [-0.15, -0.1) is 21.5 Å². The van der Waals surface area contributed by atoms with Gasteiger partial charge in [0.05, 0.1) is 28.4 Å². The van der Waals surface area contributed by atoms with Crippen molar-refractivity contribution in [2.75, 3.05) is 19.8 Å². The average Bonchev–Trinajstić information content (AvgIpc) is 3.01. The van der Waals surface area contributed by atoms with Crippen LogP contribution in [0.2, 0.25) is 0 Å². The van der Waals surface area contributed by atoms with Crippen LogP contribution >= 0.6 is 27.3 Å². The topological polar surface area (TPSA) is 51.4 Å². The Hall–Kier alpha value is -0.760. The predicted molar refractivity (Wildman–Crippen MR) is 76.0 cm³/mol. The maximum atomic E-state index is 5.72. The van der Waals surface area contributed by atoms with Crippen molar-refractivity contribution in [1.82, 2.24) is 15.1 Å². The number of thiophene rings is 1. The summed E-state index contributed by atoms with van der Waals surface area (Å²) >= 11 is 5.02. The molecule has 0 N–H and O–H groups in total. The fourth-order valence-electron chi connectivity index (χ4n) is 2.02. The van der Waals surface area contributed by atoms with Gasteiger partial charge in [-0.1, -0.05) is 0 Å². The van der Waals surface area contributed by atoms with E-state index in [1.54, 1.807) is 11.3 Å². The van der Waals surface area contributed by atoms with E-state index in [0.717, 1.165) is 28.4 Å². The van der Waals surface area contributed by atoms with Crippen LogP contribution in [-0.2, 0) is 11.3 Å². The number of hydrogen-bond donors (Lipinski definition) is 0. The summed E-state index contributed by atoms with van der Waals surface area (Å²) in [5, 5.41) is 8.23. The highest BCUT2D eigenvalue weighted by Crippen LogP contribution is 2.30. The summed E-state index contributed by atoms with van der Waals surface area (Å²) in [7, 11) is 0. The summed E-state index contributed by atoms with van der Waals surface area (Å²) in [6, 6.07) is 4.34. The second-order valence-electron chi connectivity index (χ2n) is 4.50. The van der Waals surface area contributed by atoms with Crippen molar-refractivity contribution in [2.45, 2.75) is 19.5 Å². The van der Waals surface area contributed by atoms with Crippen molar-refractivity contribution >= 4 is 27.3 Å². The van der Waals surface area contributed by atoms with E-state index in [1.807, 2.05) is 12.1 Å². The van der Waals surface area contributed by atoms with E-state index >= 15 is 0 Å². The Morgan fingerprint density at radius 3 is 3.11 bits per heavy atom. The Kier molecular flexibility index (Phi) is 3.97. The molecule has 1 saturated heterocycles. The normalized spacial score (nSPS) is 20.8. The molecule has 2 aromatic heterocycles. The SMILES string of the molecule is CC1COCCN1Cc1nnc(-c2ccc(Br)s2)o1. The lowest BCUT2D eigenvalue weighted by atomic mass is 10.2. The second kappa shape index (κ2) is 5.70. The van der Waals surface area contributed by atoms with Crippen LogP contribution in [0.3, 0.4) is 0 Å². The van der Waals surface area contributed by atoms with Crippen molar-refractivity contribution in [2.24, 2.45) is 0 Å². The minimum atomic E-state index is 0.389. The van der Waals surface area contributed by atoms with Gasteiger partial charge in [0.25, 0.3) is 5.89 Å². The molecule has 0 aliphatic carbocycles. The maximum Gasteiger partial charge on any atom is 0.257 e. The van der Waals surface area contributed by atoms with Crippen molar-refractivity contribution in [1.29, 1.82) is 0 Å². The maximum absolute atomic E-state index is 5.72. The van der Waals surface area contributed by atoms with E-state index in [1.165, 1.54) is 0 Å². The summed E-state index contributed by atoms with van der Waals surface area (Å²) in [6.07, 6.45) is 0. The second-order valence-corrected chi connectivity index (χ2v) is 6.96. The molecule has 19 heavy (non-hydrogen) atoms. The molecule has 2 aromatic rings. The fourth-order valence-corrected chi connectivity index (χ4v) is 3.32. The first kappa shape index (κ1) is 13.2. The third-order valence-corrected chi connectivity index (χ3v) is 4.71. The van der Waals surface area contributed by atoms with E-state index < -0.39 is 0 Å². The molecule has 102 valence electrons. The van der Waals surface area contributed by atoms with E-state index in [2.05, 4.69) is 38.0 Å². The zero-order valence-corrected chi connectivity index (χ0v) is 12.9. The van der Waals surface area contributed by atoms with Crippen LogP contribution in [0.15, 0.2) is 20.3 Å². The molecule has 7 heteroatoms. The quantitative estimate of drug-likeness (QED) is 0.857. The highest BCUT2D eigenvalue weighted by atomic mass is 79.9. The summed E-state index contributed by atoms with van der Waals surface area (Å²) in [6.45, 7) is 5.27. The van der Waals surface area contributed by atoms with Crippen molar-refractivity contribution in [3.8, 4) is 10.8 Å². The molecule has 0 spiro atoms. The van der Waals surface area contributed by atoms with Crippen molar-refractivity contribution in [3.05, 3.63) is 21.8 Å². The summed E-state index contributed by atoms with van der Waals surface area (Å²) in [4.78, 5) is 3.28. The molecule has 0 saturated carbocycles. The average molecular weight is 344 g/mol. The van der Waals surface area contributed by atoms with Gasteiger partial charge in [-0.2, -0.15) is 0 Å².